The number of aromatic amines is 1. The largest absolute Gasteiger partial charge is 1.00 e. The highest BCUT2D eigenvalue weighted by atomic mass is 127. The lowest BCUT2D eigenvalue weighted by Gasteiger charge is -2.45. The van der Waals surface area contributed by atoms with Gasteiger partial charge in [0.2, 0.25) is 12.3 Å². The summed E-state index contributed by atoms with van der Waals surface area (Å²) in [5.41, 5.74) is 1.99. The third-order valence-corrected chi connectivity index (χ3v) is 12.9. The molecule has 0 bridgehead atoms. The maximum atomic E-state index is 13.0. The van der Waals surface area contributed by atoms with Crippen molar-refractivity contribution >= 4 is 44.0 Å². The number of aromatic nitrogens is 1. The fourth-order valence-electron chi connectivity index (χ4n) is 8.39. The van der Waals surface area contributed by atoms with Crippen LogP contribution in [0, 0.1) is 0 Å². The third-order valence-electron chi connectivity index (χ3n) is 12.0. The Balaban J connectivity index is 0.00000720. The number of thiophene rings is 1. The maximum Gasteiger partial charge on any atom is 0.310 e. The average molecular weight is 914 g/mol. The van der Waals surface area contributed by atoms with Gasteiger partial charge in [-0.3, -0.25) is 14.1 Å². The highest BCUT2D eigenvalue weighted by molar-refractivity contribution is 7.17. The van der Waals surface area contributed by atoms with Gasteiger partial charge in [-0.2, -0.15) is 0 Å². The van der Waals surface area contributed by atoms with Gasteiger partial charge in [0.15, 0.2) is 0 Å². The Hall–Kier alpha value is -2.63. The Morgan fingerprint density at radius 2 is 1.35 bits per heavy atom. The molecule has 1 N–H and O–H groups in total. The fraction of sp³-hybridized carbons (Fsp3) is 0.625. The lowest BCUT2D eigenvalue weighted by molar-refractivity contribution is -0.944. The minimum absolute atomic E-state index is 0. The minimum atomic E-state index is -0.109. The zero-order valence-corrected chi connectivity index (χ0v) is 38.1. The summed E-state index contributed by atoms with van der Waals surface area (Å²) in [7, 11) is 0. The first kappa shape index (κ1) is 47.1. The summed E-state index contributed by atoms with van der Waals surface area (Å²) in [6.07, 6.45) is 28.1. The Morgan fingerprint density at radius 3 is 2.00 bits per heavy atom. The molecule has 1 aliphatic heterocycles. The van der Waals surface area contributed by atoms with Gasteiger partial charge in [-0.05, 0) is 66.4 Å². The molecular weight excluding hydrogens is 842 g/mol. The molecule has 0 atom stereocenters. The third kappa shape index (κ3) is 16.9. The van der Waals surface area contributed by atoms with E-state index in [0.717, 1.165) is 79.5 Å². The topological polar surface area (TPSA) is 71.6 Å². The number of anilines is 1. The zero-order chi connectivity index (χ0) is 39.1. The molecule has 0 amide bonds. The van der Waals surface area contributed by atoms with Gasteiger partial charge in [-0.1, -0.05) is 129 Å². The van der Waals surface area contributed by atoms with Crippen LogP contribution in [0.15, 0.2) is 64.8 Å². The van der Waals surface area contributed by atoms with Crippen LogP contribution in [-0.2, 0) is 9.53 Å². The van der Waals surface area contributed by atoms with E-state index < -0.39 is 0 Å². The number of hydrogen-bond acceptors (Lipinski definition) is 6. The molecule has 1 saturated heterocycles. The van der Waals surface area contributed by atoms with Gasteiger partial charge in [0.05, 0.1) is 44.8 Å². The van der Waals surface area contributed by atoms with E-state index in [2.05, 4.69) is 46.5 Å². The molecule has 0 saturated carbocycles. The number of carbonyl (C=O) groups is 1. The summed E-state index contributed by atoms with van der Waals surface area (Å²) in [6, 6.07) is 18.1. The van der Waals surface area contributed by atoms with E-state index in [9.17, 15) is 9.59 Å². The van der Waals surface area contributed by atoms with Crippen LogP contribution in [0.25, 0.3) is 21.0 Å². The summed E-state index contributed by atoms with van der Waals surface area (Å²) in [5.74, 6) is 0.723. The second-order valence-corrected chi connectivity index (χ2v) is 17.4. The number of hydrogen-bond donors (Lipinski definition) is 1. The minimum Gasteiger partial charge on any atom is -1.00 e. The molecule has 3 heterocycles. The van der Waals surface area contributed by atoms with Crippen molar-refractivity contribution in [3.63, 3.8) is 0 Å². The molecule has 1 fully saturated rings. The number of quaternary nitrogens is 1. The van der Waals surface area contributed by atoms with E-state index >= 15 is 0 Å². The standard InChI is InChI=1S/C48H71N3O4S.HI/c1-2-3-4-5-6-7-8-9-10-11-12-13-14-15-16-17-18-19-20-26-48(53)55-40-51(35-32-50(33-36-51)45-24-23-25-46-43(45)31-38-56-46)34-21-22-37-54-42-29-27-41-28-30-47(52)49-44(41)39-42;/h23-25,27-31,38-39H,2-22,26,32-37,40H2,1H3;1H. The molecule has 4 aromatic rings. The van der Waals surface area contributed by atoms with Crippen LogP contribution < -0.4 is 39.2 Å². The van der Waals surface area contributed by atoms with Gasteiger partial charge >= 0.3 is 5.97 Å². The van der Waals surface area contributed by atoms with E-state index in [1.165, 1.54) is 125 Å². The Labute approximate surface area is 364 Å². The Kier molecular flexibility index (Phi) is 22.4. The first-order valence-electron chi connectivity index (χ1n) is 22.5. The van der Waals surface area contributed by atoms with Gasteiger partial charge < -0.3 is 43.3 Å². The molecule has 1 aliphatic rings. The summed E-state index contributed by atoms with van der Waals surface area (Å²) >= 11 is 1.80. The molecular formula is C48H72IN3O4S. The monoisotopic (exact) mass is 913 g/mol. The molecule has 2 aromatic carbocycles. The number of halogens is 1. The van der Waals surface area contributed by atoms with Crippen molar-refractivity contribution in [3.05, 3.63) is 70.3 Å². The van der Waals surface area contributed by atoms with Crippen LogP contribution >= 0.6 is 11.3 Å². The van der Waals surface area contributed by atoms with Crippen LogP contribution in [0.1, 0.15) is 148 Å². The van der Waals surface area contributed by atoms with Crippen LogP contribution in [0.4, 0.5) is 5.69 Å². The van der Waals surface area contributed by atoms with Gasteiger partial charge in [0.1, 0.15) is 5.75 Å². The smallest absolute Gasteiger partial charge is 0.310 e. The van der Waals surface area contributed by atoms with Crippen molar-refractivity contribution in [2.75, 3.05) is 51.0 Å². The van der Waals surface area contributed by atoms with Crippen molar-refractivity contribution in [2.45, 2.75) is 148 Å². The van der Waals surface area contributed by atoms with E-state index in [1.807, 2.05) is 24.3 Å². The molecule has 0 aliphatic carbocycles. The van der Waals surface area contributed by atoms with Crippen LogP contribution in [0.3, 0.4) is 0 Å². The van der Waals surface area contributed by atoms with Crippen molar-refractivity contribution in [2.24, 2.45) is 0 Å². The number of rotatable bonds is 29. The summed E-state index contributed by atoms with van der Waals surface area (Å²) in [5, 5.41) is 4.50. The van der Waals surface area contributed by atoms with E-state index in [-0.39, 0.29) is 35.5 Å². The predicted octanol–water partition coefficient (Wildman–Crippen LogP) is 9.57. The summed E-state index contributed by atoms with van der Waals surface area (Å²) in [6.45, 7) is 8.09. The number of fused-ring (bicyclic) bond motifs is 2. The second-order valence-electron chi connectivity index (χ2n) is 16.5. The van der Waals surface area contributed by atoms with Gasteiger partial charge in [-0.15, -0.1) is 11.3 Å². The lowest BCUT2D eigenvalue weighted by Crippen LogP contribution is -3.00. The molecule has 5 rings (SSSR count). The van der Waals surface area contributed by atoms with Crippen LogP contribution in [-0.4, -0.2) is 61.5 Å². The number of piperazine rings is 1. The lowest BCUT2D eigenvalue weighted by atomic mass is 10.0. The predicted molar refractivity (Wildman–Crippen MR) is 237 cm³/mol. The fourth-order valence-corrected chi connectivity index (χ4v) is 9.20. The van der Waals surface area contributed by atoms with Crippen LogP contribution in [0.5, 0.6) is 5.75 Å². The van der Waals surface area contributed by atoms with Crippen molar-refractivity contribution in [3.8, 4) is 5.75 Å². The molecule has 316 valence electrons. The van der Waals surface area contributed by atoms with Crippen molar-refractivity contribution in [1.29, 1.82) is 0 Å². The van der Waals surface area contributed by atoms with E-state index in [4.69, 9.17) is 9.47 Å². The number of nitrogens with zero attached hydrogens (tertiary/aromatic N) is 2. The Morgan fingerprint density at radius 1 is 0.737 bits per heavy atom. The number of benzene rings is 2. The average Bonchev–Trinajstić information content (AvgIpc) is 3.71. The molecule has 0 spiro atoms. The van der Waals surface area contributed by atoms with Gasteiger partial charge in [0, 0.05) is 34.3 Å². The number of nitrogens with one attached hydrogen (secondary N) is 1. The summed E-state index contributed by atoms with van der Waals surface area (Å²) < 4.78 is 14.3. The highest BCUT2D eigenvalue weighted by Crippen LogP contribution is 2.32. The molecule has 2 aromatic heterocycles. The number of carbonyl (C=O) groups excluding carboxylic acids is 1. The quantitative estimate of drug-likeness (QED) is 0.0255. The number of unbranched alkanes of at least 4 members (excludes halogenated alkanes) is 19. The number of ether oxygens (including phenoxy) is 2. The first-order valence-corrected chi connectivity index (χ1v) is 23.4. The zero-order valence-electron chi connectivity index (χ0n) is 35.1. The van der Waals surface area contributed by atoms with Crippen molar-refractivity contribution < 1.29 is 42.7 Å². The molecule has 7 nitrogen and oxygen atoms in total. The number of pyridine rings is 1. The maximum absolute atomic E-state index is 13.0. The SMILES string of the molecule is CCCCCCCCCCCCCCCCCCCCCC(=O)OC[N+]1(CCCCOc2ccc3ccc(=O)[nH]c3c2)CCN(c2cccc3sccc23)CC1.[I-]. The summed E-state index contributed by atoms with van der Waals surface area (Å²) in [4.78, 5) is 30.1. The van der Waals surface area contributed by atoms with Crippen LogP contribution in [0.2, 0.25) is 0 Å². The van der Waals surface area contributed by atoms with E-state index in [0.29, 0.717) is 19.8 Å². The first-order chi connectivity index (χ1) is 27.5. The van der Waals surface area contributed by atoms with E-state index in [1.54, 1.807) is 17.4 Å². The molecule has 0 radical (unpaired) electrons. The van der Waals surface area contributed by atoms with Crippen molar-refractivity contribution in [1.82, 2.24) is 4.98 Å². The van der Waals surface area contributed by atoms with Gasteiger partial charge in [-0.25, -0.2) is 0 Å². The normalized spacial score (nSPS) is 13.9. The number of H-pyrrole nitrogens is 1. The van der Waals surface area contributed by atoms with Gasteiger partial charge in [0.25, 0.3) is 0 Å². The molecule has 9 heteroatoms. The second kappa shape index (κ2) is 27.2. The number of esters is 1. The highest BCUT2D eigenvalue weighted by Gasteiger charge is 2.34. The molecule has 0 unspecified atom stereocenters. The Bertz CT molecular complexity index is 1750. The molecule has 57 heavy (non-hydrogen) atoms.